The van der Waals surface area contributed by atoms with E-state index in [-0.39, 0.29) is 5.91 Å². The van der Waals surface area contributed by atoms with Crippen LogP contribution in [0.25, 0.3) is 0 Å². The van der Waals surface area contributed by atoms with Gasteiger partial charge in [0.1, 0.15) is 0 Å². The molecule has 5 heteroatoms. The van der Waals surface area contributed by atoms with E-state index < -0.39 is 0 Å². The highest BCUT2D eigenvalue weighted by molar-refractivity contribution is 9.10. The van der Waals surface area contributed by atoms with Crippen molar-refractivity contribution in [1.29, 1.82) is 0 Å². The van der Waals surface area contributed by atoms with Crippen molar-refractivity contribution in [1.82, 2.24) is 0 Å². The maximum Gasteiger partial charge on any atom is 0.259 e. The highest BCUT2D eigenvalue weighted by Crippen LogP contribution is 2.31. The number of nitrogens with two attached hydrogens (primary N) is 1. The summed E-state index contributed by atoms with van der Waals surface area (Å²) >= 11 is 9.56. The zero-order valence-electron chi connectivity index (χ0n) is 11.3. The first-order valence-corrected chi connectivity index (χ1v) is 7.88. The average molecular weight is 366 g/mol. The Morgan fingerprint density at radius 1 is 1.24 bits per heavy atom. The van der Waals surface area contributed by atoms with Crippen LogP contribution < -0.4 is 10.6 Å². The van der Waals surface area contributed by atoms with Crippen molar-refractivity contribution >= 4 is 44.8 Å². The van der Waals surface area contributed by atoms with E-state index in [4.69, 9.17) is 17.3 Å². The molecule has 0 radical (unpaired) electrons. The quantitative estimate of drug-likeness (QED) is 0.767. The molecule has 2 N–H and O–H groups in total. The van der Waals surface area contributed by atoms with Crippen LogP contribution in [0.2, 0.25) is 5.02 Å². The van der Waals surface area contributed by atoms with Crippen molar-refractivity contribution in [2.75, 3.05) is 17.2 Å². The van der Waals surface area contributed by atoms with E-state index in [1.165, 1.54) is 0 Å². The number of rotatable bonds is 1. The number of carbonyl (C=O) groups excluding carboxylic acids is 1. The van der Waals surface area contributed by atoms with Gasteiger partial charge in [0.25, 0.3) is 5.91 Å². The first-order valence-electron chi connectivity index (χ1n) is 6.71. The van der Waals surface area contributed by atoms with Gasteiger partial charge in [-0.1, -0.05) is 27.5 Å². The summed E-state index contributed by atoms with van der Waals surface area (Å²) in [7, 11) is 0. The third-order valence-electron chi connectivity index (χ3n) is 3.63. The van der Waals surface area contributed by atoms with Crippen molar-refractivity contribution in [2.24, 2.45) is 0 Å². The molecule has 3 rings (SSSR count). The van der Waals surface area contributed by atoms with Crippen LogP contribution in [-0.2, 0) is 6.42 Å². The highest BCUT2D eigenvalue weighted by atomic mass is 79.9. The maximum absolute atomic E-state index is 12.8. The number of carbonyl (C=O) groups is 1. The third-order valence-corrected chi connectivity index (χ3v) is 4.45. The summed E-state index contributed by atoms with van der Waals surface area (Å²) in [4.78, 5) is 14.6. The standard InChI is InChI=1S/C16H14BrClN2O/c17-11-3-5-14(18)13(9-11)16(21)20-7-1-2-10-8-12(19)4-6-15(10)20/h3-6,8-9H,1-2,7,19H2. The summed E-state index contributed by atoms with van der Waals surface area (Å²) in [5, 5.41) is 0.464. The molecule has 2 aromatic carbocycles. The molecule has 0 saturated heterocycles. The number of hydrogen-bond acceptors (Lipinski definition) is 2. The Kier molecular flexibility index (Phi) is 3.91. The minimum Gasteiger partial charge on any atom is -0.399 e. The van der Waals surface area contributed by atoms with E-state index in [0.717, 1.165) is 34.3 Å². The number of aryl methyl sites for hydroxylation is 1. The summed E-state index contributed by atoms with van der Waals surface area (Å²) in [5.41, 5.74) is 9.10. The molecule has 1 aliphatic heterocycles. The summed E-state index contributed by atoms with van der Waals surface area (Å²) in [6, 6.07) is 11.0. The van der Waals surface area contributed by atoms with Crippen LogP contribution in [0.5, 0.6) is 0 Å². The zero-order chi connectivity index (χ0) is 15.0. The Balaban J connectivity index is 2.02. The first-order chi connectivity index (χ1) is 10.1. The molecule has 0 atom stereocenters. The lowest BCUT2D eigenvalue weighted by Crippen LogP contribution is -2.35. The van der Waals surface area contributed by atoms with E-state index in [9.17, 15) is 4.79 Å². The molecule has 3 nitrogen and oxygen atoms in total. The number of fused-ring (bicyclic) bond motifs is 1. The monoisotopic (exact) mass is 364 g/mol. The number of benzene rings is 2. The molecule has 2 aromatic rings. The largest absolute Gasteiger partial charge is 0.399 e. The van der Waals surface area contributed by atoms with Crippen molar-refractivity contribution in [3.05, 3.63) is 57.0 Å². The maximum atomic E-state index is 12.8. The summed E-state index contributed by atoms with van der Waals surface area (Å²) in [5.74, 6) is -0.0768. The summed E-state index contributed by atoms with van der Waals surface area (Å²) in [6.07, 6.45) is 1.87. The topological polar surface area (TPSA) is 46.3 Å². The number of anilines is 2. The van der Waals surface area contributed by atoms with Crippen molar-refractivity contribution in [3.63, 3.8) is 0 Å². The van der Waals surface area contributed by atoms with Gasteiger partial charge in [-0.05, 0) is 54.8 Å². The van der Waals surface area contributed by atoms with Crippen molar-refractivity contribution in [3.8, 4) is 0 Å². The van der Waals surface area contributed by atoms with Crippen LogP contribution in [0.1, 0.15) is 22.3 Å². The normalized spacial score (nSPS) is 13.9. The van der Waals surface area contributed by atoms with Gasteiger partial charge in [0.05, 0.1) is 10.6 Å². The molecule has 1 aliphatic rings. The molecule has 1 heterocycles. The van der Waals surface area contributed by atoms with Gasteiger partial charge in [0.2, 0.25) is 0 Å². The van der Waals surface area contributed by atoms with Gasteiger partial charge >= 0.3 is 0 Å². The van der Waals surface area contributed by atoms with Crippen molar-refractivity contribution < 1.29 is 4.79 Å². The molecule has 0 unspecified atom stereocenters. The number of nitrogen functional groups attached to an aromatic ring is 1. The first kappa shape index (κ1) is 14.4. The molecular weight excluding hydrogens is 352 g/mol. The smallest absolute Gasteiger partial charge is 0.259 e. The summed E-state index contributed by atoms with van der Waals surface area (Å²) in [6.45, 7) is 0.693. The van der Waals surface area contributed by atoms with Crippen LogP contribution in [0, 0.1) is 0 Å². The molecule has 0 saturated carbocycles. The second-order valence-electron chi connectivity index (χ2n) is 5.07. The fourth-order valence-corrected chi connectivity index (χ4v) is 3.19. The molecule has 1 amide bonds. The highest BCUT2D eigenvalue weighted by Gasteiger charge is 2.25. The minimum absolute atomic E-state index is 0.0768. The van der Waals surface area contributed by atoms with E-state index in [0.29, 0.717) is 17.1 Å². The Bertz CT molecular complexity index is 717. The predicted molar refractivity (Wildman–Crippen MR) is 90.0 cm³/mol. The molecule has 0 fully saturated rings. The van der Waals surface area contributed by atoms with Gasteiger partial charge in [-0.25, -0.2) is 0 Å². The Hall–Kier alpha value is -1.52. The lowest BCUT2D eigenvalue weighted by Gasteiger charge is -2.30. The Morgan fingerprint density at radius 2 is 2.05 bits per heavy atom. The molecule has 0 aromatic heterocycles. The zero-order valence-corrected chi connectivity index (χ0v) is 13.6. The molecule has 21 heavy (non-hydrogen) atoms. The lowest BCUT2D eigenvalue weighted by molar-refractivity contribution is 0.0985. The van der Waals surface area contributed by atoms with E-state index >= 15 is 0 Å². The Morgan fingerprint density at radius 3 is 2.86 bits per heavy atom. The third kappa shape index (κ3) is 2.78. The number of nitrogens with zero attached hydrogens (tertiary/aromatic N) is 1. The lowest BCUT2D eigenvalue weighted by atomic mass is 10.00. The van der Waals surface area contributed by atoms with E-state index in [1.54, 1.807) is 17.0 Å². The van der Waals surface area contributed by atoms with Crippen LogP contribution in [0.4, 0.5) is 11.4 Å². The van der Waals surface area contributed by atoms with Crippen LogP contribution in [0.3, 0.4) is 0 Å². The average Bonchev–Trinajstić information content (AvgIpc) is 2.48. The van der Waals surface area contributed by atoms with Gasteiger partial charge in [-0.3, -0.25) is 4.79 Å². The number of hydrogen-bond donors (Lipinski definition) is 1. The van der Waals surface area contributed by atoms with Crippen LogP contribution in [-0.4, -0.2) is 12.5 Å². The second-order valence-corrected chi connectivity index (χ2v) is 6.40. The van der Waals surface area contributed by atoms with Gasteiger partial charge in [-0.2, -0.15) is 0 Å². The van der Waals surface area contributed by atoms with Gasteiger partial charge in [0, 0.05) is 22.4 Å². The molecular formula is C16H14BrClN2O. The molecule has 0 spiro atoms. The number of halogens is 2. The van der Waals surface area contributed by atoms with Crippen LogP contribution >= 0.6 is 27.5 Å². The molecule has 108 valence electrons. The van der Waals surface area contributed by atoms with Gasteiger partial charge in [-0.15, -0.1) is 0 Å². The second kappa shape index (κ2) is 5.70. The SMILES string of the molecule is Nc1ccc2c(c1)CCCN2C(=O)c1cc(Br)ccc1Cl. The number of amides is 1. The summed E-state index contributed by atoms with van der Waals surface area (Å²) < 4.78 is 0.838. The van der Waals surface area contributed by atoms with Crippen LogP contribution in [0.15, 0.2) is 40.9 Å². The minimum atomic E-state index is -0.0768. The van der Waals surface area contributed by atoms with E-state index in [1.807, 2.05) is 24.3 Å². The molecule has 0 aliphatic carbocycles. The molecule has 0 bridgehead atoms. The van der Waals surface area contributed by atoms with Crippen molar-refractivity contribution in [2.45, 2.75) is 12.8 Å². The Labute approximate surface area is 136 Å². The van der Waals surface area contributed by atoms with Gasteiger partial charge < -0.3 is 10.6 Å². The van der Waals surface area contributed by atoms with E-state index in [2.05, 4.69) is 15.9 Å². The predicted octanol–water partition coefficient (Wildman–Crippen LogP) is 4.28. The van der Waals surface area contributed by atoms with Gasteiger partial charge in [0.15, 0.2) is 0 Å². The fraction of sp³-hybridized carbons (Fsp3) is 0.188. The fourth-order valence-electron chi connectivity index (χ4n) is 2.63.